The quantitative estimate of drug-likeness (QED) is 0.671. The molecule has 0 amide bonds. The number of benzene rings is 1. The molecule has 0 radical (unpaired) electrons. The van der Waals surface area contributed by atoms with Crippen LogP contribution in [0.4, 0.5) is 0 Å². The lowest BCUT2D eigenvalue weighted by atomic mass is 9.93. The van der Waals surface area contributed by atoms with E-state index < -0.39 is 10.8 Å². The normalized spacial score (nSPS) is 29.3. The van der Waals surface area contributed by atoms with Crippen LogP contribution in [0.2, 0.25) is 0 Å². The van der Waals surface area contributed by atoms with Gasteiger partial charge in [-0.15, -0.1) is 0 Å². The summed E-state index contributed by atoms with van der Waals surface area (Å²) in [6, 6.07) is 11.4. The number of rotatable bonds is 7. The lowest BCUT2D eigenvalue weighted by Gasteiger charge is -2.39. The summed E-state index contributed by atoms with van der Waals surface area (Å²) in [5.74, 6) is 0. The summed E-state index contributed by atoms with van der Waals surface area (Å²) in [7, 11) is -0.842. The Hall–Kier alpha value is -0.670. The van der Waals surface area contributed by atoms with E-state index in [1.54, 1.807) is 0 Å². The molecule has 2 nitrogen and oxygen atoms in total. The molecule has 4 atom stereocenters. The second kappa shape index (κ2) is 8.43. The average molecular weight is 334 g/mol. The topological polar surface area (TPSA) is 20.3 Å². The van der Waals surface area contributed by atoms with E-state index in [0.29, 0.717) is 11.3 Å². The summed E-state index contributed by atoms with van der Waals surface area (Å²) < 4.78 is 13.0. The highest BCUT2D eigenvalue weighted by atomic mass is 32.2. The van der Waals surface area contributed by atoms with Crippen LogP contribution in [-0.2, 0) is 10.8 Å². The molecule has 0 aromatic heterocycles. The fraction of sp³-hybridized carbons (Fsp3) is 0.700. The van der Waals surface area contributed by atoms with Crippen LogP contribution in [0.3, 0.4) is 0 Å². The fourth-order valence-electron chi connectivity index (χ4n) is 4.48. The van der Waals surface area contributed by atoms with Crippen molar-refractivity contribution in [2.45, 2.75) is 86.9 Å². The Balaban J connectivity index is 1.61. The molecule has 2 heterocycles. The van der Waals surface area contributed by atoms with Crippen molar-refractivity contribution in [1.82, 2.24) is 4.90 Å². The molecule has 2 saturated heterocycles. The van der Waals surface area contributed by atoms with Crippen molar-refractivity contribution in [1.29, 1.82) is 0 Å². The van der Waals surface area contributed by atoms with Gasteiger partial charge >= 0.3 is 0 Å². The molecule has 128 valence electrons. The molecular formula is C20H31NOS. The van der Waals surface area contributed by atoms with Crippen LogP contribution in [0.15, 0.2) is 35.2 Å². The molecule has 2 aliphatic rings. The summed E-state index contributed by atoms with van der Waals surface area (Å²) in [6.45, 7) is 3.44. The van der Waals surface area contributed by atoms with Crippen molar-refractivity contribution in [3.05, 3.63) is 30.3 Å². The van der Waals surface area contributed by atoms with Crippen LogP contribution in [0.25, 0.3) is 0 Å². The van der Waals surface area contributed by atoms with Crippen molar-refractivity contribution in [3.8, 4) is 0 Å². The van der Waals surface area contributed by atoms with Crippen LogP contribution in [0, 0.1) is 0 Å². The molecule has 0 spiro atoms. The van der Waals surface area contributed by atoms with Gasteiger partial charge in [-0.3, -0.25) is 9.11 Å². The average Bonchev–Trinajstić information content (AvgIpc) is 3.03. The summed E-state index contributed by atoms with van der Waals surface area (Å²) in [5.41, 5.74) is 0. The molecule has 0 aliphatic carbocycles. The highest BCUT2D eigenvalue weighted by molar-refractivity contribution is 7.85. The molecule has 0 N–H and O–H groups in total. The van der Waals surface area contributed by atoms with Crippen molar-refractivity contribution in [3.63, 3.8) is 0 Å². The molecule has 1 aromatic rings. The van der Waals surface area contributed by atoms with Crippen molar-refractivity contribution in [2.24, 2.45) is 0 Å². The number of fused-ring (bicyclic) bond motifs is 1. The van der Waals surface area contributed by atoms with E-state index in [4.69, 9.17) is 0 Å². The largest absolute Gasteiger partial charge is 0.296 e. The van der Waals surface area contributed by atoms with Crippen LogP contribution in [0.1, 0.15) is 64.7 Å². The molecule has 2 fully saturated rings. The molecule has 1 aromatic carbocycles. The summed E-state index contributed by atoms with van der Waals surface area (Å²) >= 11 is 0. The molecule has 2 aliphatic heterocycles. The molecule has 3 rings (SSSR count). The van der Waals surface area contributed by atoms with Crippen LogP contribution in [0.5, 0.6) is 0 Å². The Morgan fingerprint density at radius 2 is 1.91 bits per heavy atom. The van der Waals surface area contributed by atoms with Gasteiger partial charge in [-0.1, -0.05) is 57.2 Å². The second-order valence-corrected chi connectivity index (χ2v) is 8.85. The minimum absolute atomic E-state index is 0.343. The zero-order valence-corrected chi connectivity index (χ0v) is 15.3. The van der Waals surface area contributed by atoms with E-state index in [1.807, 2.05) is 30.3 Å². The van der Waals surface area contributed by atoms with E-state index in [1.165, 1.54) is 51.4 Å². The van der Waals surface area contributed by atoms with E-state index in [2.05, 4.69) is 11.8 Å². The fourth-order valence-corrected chi connectivity index (χ4v) is 6.15. The maximum Gasteiger partial charge on any atom is 0.0577 e. The minimum Gasteiger partial charge on any atom is -0.296 e. The van der Waals surface area contributed by atoms with Crippen molar-refractivity contribution >= 4 is 10.8 Å². The van der Waals surface area contributed by atoms with Crippen LogP contribution >= 0.6 is 0 Å². The first-order chi connectivity index (χ1) is 11.3. The van der Waals surface area contributed by atoms with Crippen molar-refractivity contribution < 1.29 is 4.21 Å². The predicted octanol–water partition coefficient (Wildman–Crippen LogP) is 4.76. The molecule has 1 unspecified atom stereocenters. The highest BCUT2D eigenvalue weighted by Gasteiger charge is 2.42. The lowest BCUT2D eigenvalue weighted by Crippen LogP contribution is -2.46. The molecule has 0 bridgehead atoms. The highest BCUT2D eigenvalue weighted by Crippen LogP contribution is 2.37. The Morgan fingerprint density at radius 3 is 2.70 bits per heavy atom. The van der Waals surface area contributed by atoms with Gasteiger partial charge in [0.05, 0.1) is 16.0 Å². The van der Waals surface area contributed by atoms with Gasteiger partial charge in [-0.2, -0.15) is 0 Å². The van der Waals surface area contributed by atoms with Gasteiger partial charge in [0.15, 0.2) is 0 Å². The second-order valence-electron chi connectivity index (χ2n) is 7.18. The Labute approximate surface area is 144 Å². The Bertz CT molecular complexity index is 504. The van der Waals surface area contributed by atoms with Crippen LogP contribution < -0.4 is 0 Å². The van der Waals surface area contributed by atoms with Gasteiger partial charge in [0.1, 0.15) is 0 Å². The van der Waals surface area contributed by atoms with Crippen molar-refractivity contribution in [2.75, 3.05) is 6.54 Å². The first-order valence-electron chi connectivity index (χ1n) is 9.52. The number of unbranched alkanes of at least 4 members (excludes halogenated alkanes) is 3. The summed E-state index contributed by atoms with van der Waals surface area (Å²) in [5, 5.41) is 0.343. The summed E-state index contributed by atoms with van der Waals surface area (Å²) in [4.78, 5) is 3.74. The van der Waals surface area contributed by atoms with Gasteiger partial charge in [0.2, 0.25) is 0 Å². The third-order valence-electron chi connectivity index (χ3n) is 5.67. The molecular weight excluding hydrogens is 302 g/mol. The third-order valence-corrected chi connectivity index (χ3v) is 7.51. The zero-order chi connectivity index (χ0) is 16.1. The van der Waals surface area contributed by atoms with Gasteiger partial charge in [0, 0.05) is 17.0 Å². The van der Waals surface area contributed by atoms with E-state index in [9.17, 15) is 4.21 Å². The Kier molecular flexibility index (Phi) is 6.29. The number of hydrogen-bond acceptors (Lipinski definition) is 2. The lowest BCUT2D eigenvalue weighted by molar-refractivity contribution is 0.115. The maximum absolute atomic E-state index is 13.0. The standard InChI is InChI=1S/C20H31NOS/c1-2-3-4-6-10-17-11-9-14-19-20(15-16-21(17)19)23(22)18-12-7-5-8-13-18/h5,7-8,12-13,17,19-20H,2-4,6,9-11,14-16H2,1H3/t17-,19+,20+,23?/m0/s1. The maximum atomic E-state index is 13.0. The smallest absolute Gasteiger partial charge is 0.0577 e. The molecule has 23 heavy (non-hydrogen) atoms. The SMILES string of the molecule is CCCCCC[C@H]1CCC[C@@H]2[C@H](S(=O)c3ccccc3)CCN12. The number of nitrogens with zero attached hydrogens (tertiary/aromatic N) is 1. The van der Waals surface area contributed by atoms with E-state index in [0.717, 1.165) is 23.9 Å². The van der Waals surface area contributed by atoms with E-state index >= 15 is 0 Å². The predicted molar refractivity (Wildman–Crippen MR) is 98.1 cm³/mol. The van der Waals surface area contributed by atoms with Gasteiger partial charge in [0.25, 0.3) is 0 Å². The van der Waals surface area contributed by atoms with E-state index in [-0.39, 0.29) is 0 Å². The molecule has 3 heteroatoms. The first-order valence-corrected chi connectivity index (χ1v) is 10.7. The zero-order valence-electron chi connectivity index (χ0n) is 14.5. The minimum atomic E-state index is -0.842. The van der Waals surface area contributed by atoms with Gasteiger partial charge < -0.3 is 0 Å². The van der Waals surface area contributed by atoms with Gasteiger partial charge in [-0.25, -0.2) is 0 Å². The Morgan fingerprint density at radius 1 is 1.09 bits per heavy atom. The van der Waals surface area contributed by atoms with Crippen LogP contribution in [-0.4, -0.2) is 33.0 Å². The molecule has 0 saturated carbocycles. The third kappa shape index (κ3) is 4.06. The monoisotopic (exact) mass is 333 g/mol. The first kappa shape index (κ1) is 17.2. The number of hydrogen-bond donors (Lipinski definition) is 0. The number of piperidine rings is 1. The summed E-state index contributed by atoms with van der Waals surface area (Å²) in [6.07, 6.45) is 11.8. The van der Waals surface area contributed by atoms with Gasteiger partial charge in [-0.05, 0) is 44.4 Å².